The molecule has 0 saturated carbocycles. The number of nitrogen functional groups attached to an aromatic ring is 1. The molecular formula is C13H19N3O3. The summed E-state index contributed by atoms with van der Waals surface area (Å²) in [6, 6.07) is 4.07. The highest BCUT2D eigenvalue weighted by Crippen LogP contribution is 2.22. The lowest BCUT2D eigenvalue weighted by molar-refractivity contribution is -0.383. The van der Waals surface area contributed by atoms with Crippen molar-refractivity contribution in [1.82, 2.24) is 5.32 Å². The normalized spacial score (nSPS) is 10.2. The SMILES string of the molecule is CCCCCCNC(=O)c1ccc(N)c([N+](=O)[O-])c1. The summed E-state index contributed by atoms with van der Waals surface area (Å²) >= 11 is 0. The van der Waals surface area contributed by atoms with E-state index in [2.05, 4.69) is 12.2 Å². The Labute approximate surface area is 112 Å². The molecule has 19 heavy (non-hydrogen) atoms. The van der Waals surface area contributed by atoms with Gasteiger partial charge in [-0.2, -0.15) is 0 Å². The number of nitro groups is 1. The predicted octanol–water partition coefficient (Wildman–Crippen LogP) is 2.49. The zero-order valence-corrected chi connectivity index (χ0v) is 11.0. The van der Waals surface area contributed by atoms with E-state index < -0.39 is 4.92 Å². The van der Waals surface area contributed by atoms with Gasteiger partial charge in [-0.25, -0.2) is 0 Å². The van der Waals surface area contributed by atoms with Crippen LogP contribution in [0.3, 0.4) is 0 Å². The van der Waals surface area contributed by atoms with Crippen molar-refractivity contribution in [2.24, 2.45) is 0 Å². The quantitative estimate of drug-likeness (QED) is 0.342. The van der Waals surface area contributed by atoms with Gasteiger partial charge in [0.25, 0.3) is 11.6 Å². The van der Waals surface area contributed by atoms with Crippen molar-refractivity contribution in [2.75, 3.05) is 12.3 Å². The molecule has 1 rings (SSSR count). The topological polar surface area (TPSA) is 98.3 Å². The van der Waals surface area contributed by atoms with Gasteiger partial charge in [0.1, 0.15) is 5.69 Å². The molecular weight excluding hydrogens is 246 g/mol. The highest BCUT2D eigenvalue weighted by Gasteiger charge is 2.15. The van der Waals surface area contributed by atoms with Crippen molar-refractivity contribution in [3.05, 3.63) is 33.9 Å². The van der Waals surface area contributed by atoms with Gasteiger partial charge in [0.05, 0.1) is 4.92 Å². The summed E-state index contributed by atoms with van der Waals surface area (Å²) in [5.41, 5.74) is 5.56. The second-order valence-corrected chi connectivity index (χ2v) is 4.35. The largest absolute Gasteiger partial charge is 0.393 e. The van der Waals surface area contributed by atoms with E-state index in [1.807, 2.05) is 0 Å². The fourth-order valence-corrected chi connectivity index (χ4v) is 1.70. The molecule has 1 aromatic rings. The van der Waals surface area contributed by atoms with E-state index in [9.17, 15) is 14.9 Å². The van der Waals surface area contributed by atoms with Crippen molar-refractivity contribution in [2.45, 2.75) is 32.6 Å². The number of amides is 1. The Balaban J connectivity index is 2.57. The van der Waals surface area contributed by atoms with Crippen LogP contribution >= 0.6 is 0 Å². The minimum atomic E-state index is -0.590. The van der Waals surface area contributed by atoms with E-state index in [1.54, 1.807) is 0 Å². The number of hydrogen-bond donors (Lipinski definition) is 2. The Morgan fingerprint density at radius 2 is 2.11 bits per heavy atom. The molecule has 104 valence electrons. The maximum absolute atomic E-state index is 11.8. The van der Waals surface area contributed by atoms with Gasteiger partial charge in [-0.15, -0.1) is 0 Å². The van der Waals surface area contributed by atoms with Crippen LogP contribution in [0.25, 0.3) is 0 Å². The molecule has 0 saturated heterocycles. The lowest BCUT2D eigenvalue weighted by atomic mass is 10.1. The summed E-state index contributed by atoms with van der Waals surface area (Å²) in [5.74, 6) is -0.306. The number of nitrogens with zero attached hydrogens (tertiary/aromatic N) is 1. The number of anilines is 1. The molecule has 0 unspecified atom stereocenters. The average Bonchev–Trinajstić information content (AvgIpc) is 2.38. The fraction of sp³-hybridized carbons (Fsp3) is 0.462. The van der Waals surface area contributed by atoms with E-state index in [1.165, 1.54) is 18.2 Å². The molecule has 0 radical (unpaired) electrons. The highest BCUT2D eigenvalue weighted by molar-refractivity contribution is 5.95. The standard InChI is InChI=1S/C13H19N3O3/c1-2-3-4-5-8-15-13(17)10-6-7-11(14)12(9-10)16(18)19/h6-7,9H,2-5,8,14H2,1H3,(H,15,17). The number of nitrogens with one attached hydrogen (secondary N) is 1. The number of rotatable bonds is 7. The van der Waals surface area contributed by atoms with Crippen LogP contribution in [0.15, 0.2) is 18.2 Å². The molecule has 0 atom stereocenters. The third kappa shape index (κ3) is 4.57. The van der Waals surface area contributed by atoms with Gasteiger partial charge >= 0.3 is 0 Å². The summed E-state index contributed by atoms with van der Waals surface area (Å²) in [6.07, 6.45) is 4.26. The van der Waals surface area contributed by atoms with Crippen LogP contribution in [-0.2, 0) is 0 Å². The number of unbranched alkanes of at least 4 members (excludes halogenated alkanes) is 3. The molecule has 0 bridgehead atoms. The van der Waals surface area contributed by atoms with Crippen molar-refractivity contribution < 1.29 is 9.72 Å². The van der Waals surface area contributed by atoms with Gasteiger partial charge in [0.15, 0.2) is 0 Å². The minimum absolute atomic E-state index is 0.0597. The highest BCUT2D eigenvalue weighted by atomic mass is 16.6. The van der Waals surface area contributed by atoms with E-state index >= 15 is 0 Å². The van der Waals surface area contributed by atoms with Crippen LogP contribution in [0.5, 0.6) is 0 Å². The lowest BCUT2D eigenvalue weighted by Gasteiger charge is -2.05. The van der Waals surface area contributed by atoms with Gasteiger partial charge in [0.2, 0.25) is 0 Å². The van der Waals surface area contributed by atoms with Gasteiger partial charge in [-0.3, -0.25) is 14.9 Å². The first kappa shape index (κ1) is 14.9. The number of carbonyl (C=O) groups excluding carboxylic acids is 1. The number of carbonyl (C=O) groups is 1. The number of nitrogens with two attached hydrogens (primary N) is 1. The van der Waals surface area contributed by atoms with Crippen molar-refractivity contribution in [3.63, 3.8) is 0 Å². The number of hydrogen-bond acceptors (Lipinski definition) is 4. The Morgan fingerprint density at radius 3 is 2.74 bits per heavy atom. The monoisotopic (exact) mass is 265 g/mol. The molecule has 0 heterocycles. The maximum Gasteiger partial charge on any atom is 0.292 e. The summed E-state index contributed by atoms with van der Waals surface area (Å²) < 4.78 is 0. The molecule has 0 aliphatic carbocycles. The second kappa shape index (κ2) is 7.35. The van der Waals surface area contributed by atoms with Gasteiger partial charge in [-0.05, 0) is 18.6 Å². The minimum Gasteiger partial charge on any atom is -0.393 e. The van der Waals surface area contributed by atoms with E-state index in [4.69, 9.17) is 5.73 Å². The maximum atomic E-state index is 11.8. The van der Waals surface area contributed by atoms with Crippen LogP contribution in [0.2, 0.25) is 0 Å². The van der Waals surface area contributed by atoms with Crippen LogP contribution in [-0.4, -0.2) is 17.4 Å². The van der Waals surface area contributed by atoms with E-state index in [0.717, 1.165) is 25.7 Å². The van der Waals surface area contributed by atoms with E-state index in [-0.39, 0.29) is 22.8 Å². The zero-order chi connectivity index (χ0) is 14.3. The molecule has 6 nitrogen and oxygen atoms in total. The summed E-state index contributed by atoms with van der Waals surface area (Å²) in [6.45, 7) is 2.70. The third-order valence-corrected chi connectivity index (χ3v) is 2.81. The van der Waals surface area contributed by atoms with Crippen LogP contribution in [0.1, 0.15) is 43.0 Å². The summed E-state index contributed by atoms with van der Waals surface area (Å²) in [4.78, 5) is 21.9. The first-order chi connectivity index (χ1) is 9.06. The molecule has 0 spiro atoms. The number of nitro benzene ring substituents is 1. The third-order valence-electron chi connectivity index (χ3n) is 2.81. The van der Waals surface area contributed by atoms with Gasteiger partial charge in [-0.1, -0.05) is 26.2 Å². The average molecular weight is 265 g/mol. The molecule has 1 amide bonds. The molecule has 0 aromatic heterocycles. The summed E-state index contributed by atoms with van der Waals surface area (Å²) in [5, 5.41) is 13.5. The molecule has 1 aromatic carbocycles. The molecule has 0 aliphatic heterocycles. The zero-order valence-electron chi connectivity index (χ0n) is 11.0. The van der Waals surface area contributed by atoms with Crippen molar-refractivity contribution in [3.8, 4) is 0 Å². The van der Waals surface area contributed by atoms with Crippen LogP contribution in [0.4, 0.5) is 11.4 Å². The van der Waals surface area contributed by atoms with E-state index in [0.29, 0.717) is 6.54 Å². The van der Waals surface area contributed by atoms with Crippen LogP contribution < -0.4 is 11.1 Å². The Kier molecular flexibility index (Phi) is 5.78. The fourth-order valence-electron chi connectivity index (χ4n) is 1.70. The van der Waals surface area contributed by atoms with Crippen molar-refractivity contribution >= 4 is 17.3 Å². The number of benzene rings is 1. The Bertz CT molecular complexity index is 460. The molecule has 6 heteroatoms. The molecule has 0 fully saturated rings. The second-order valence-electron chi connectivity index (χ2n) is 4.35. The van der Waals surface area contributed by atoms with Gasteiger partial charge in [0, 0.05) is 18.2 Å². The Morgan fingerprint density at radius 1 is 1.37 bits per heavy atom. The van der Waals surface area contributed by atoms with Gasteiger partial charge < -0.3 is 11.1 Å². The smallest absolute Gasteiger partial charge is 0.292 e. The first-order valence-corrected chi connectivity index (χ1v) is 6.38. The first-order valence-electron chi connectivity index (χ1n) is 6.38. The molecule has 0 aliphatic rings. The lowest BCUT2D eigenvalue weighted by Crippen LogP contribution is -2.24. The van der Waals surface area contributed by atoms with Crippen LogP contribution in [0, 0.1) is 10.1 Å². The molecule has 3 N–H and O–H groups in total. The Hall–Kier alpha value is -2.11. The predicted molar refractivity (Wildman–Crippen MR) is 74.0 cm³/mol. The summed E-state index contributed by atoms with van der Waals surface area (Å²) in [7, 11) is 0. The van der Waals surface area contributed by atoms with Crippen molar-refractivity contribution in [1.29, 1.82) is 0 Å².